The third kappa shape index (κ3) is 6.61. The average Bonchev–Trinajstić information content (AvgIpc) is 3.36. The van der Waals surface area contributed by atoms with Crippen molar-refractivity contribution in [1.82, 2.24) is 14.7 Å². The SMILES string of the molecule is COC1(COc2ccc(C)cc2C)CCN(Cc2cccc(OCCCn3cccn3)c2)CC1. The molecule has 1 saturated heterocycles. The molecule has 0 amide bonds. The maximum absolute atomic E-state index is 6.20. The molecule has 2 heterocycles. The lowest BCUT2D eigenvalue weighted by atomic mass is 9.91. The summed E-state index contributed by atoms with van der Waals surface area (Å²) >= 11 is 0. The van der Waals surface area contributed by atoms with E-state index in [4.69, 9.17) is 14.2 Å². The van der Waals surface area contributed by atoms with Crippen LogP contribution >= 0.6 is 0 Å². The predicted molar refractivity (Wildman–Crippen MR) is 134 cm³/mol. The van der Waals surface area contributed by atoms with E-state index in [1.807, 2.05) is 30.1 Å². The number of piperidine rings is 1. The Morgan fingerprint density at radius 1 is 1.00 bits per heavy atom. The molecule has 1 fully saturated rings. The van der Waals surface area contributed by atoms with Gasteiger partial charge in [0, 0.05) is 52.1 Å². The fraction of sp³-hybridized carbons (Fsp3) is 0.464. The van der Waals surface area contributed by atoms with Gasteiger partial charge in [0.2, 0.25) is 0 Å². The van der Waals surface area contributed by atoms with Crippen molar-refractivity contribution >= 4 is 0 Å². The van der Waals surface area contributed by atoms with Gasteiger partial charge in [-0.2, -0.15) is 5.10 Å². The molecular formula is C28H37N3O3. The summed E-state index contributed by atoms with van der Waals surface area (Å²) in [6.07, 6.45) is 6.63. The first kappa shape index (κ1) is 24.3. The number of rotatable bonds is 11. The summed E-state index contributed by atoms with van der Waals surface area (Å²) in [7, 11) is 1.81. The van der Waals surface area contributed by atoms with Crippen LogP contribution in [0.3, 0.4) is 0 Å². The molecule has 0 N–H and O–H groups in total. The monoisotopic (exact) mass is 463 g/mol. The van der Waals surface area contributed by atoms with Crippen molar-refractivity contribution in [2.75, 3.05) is 33.4 Å². The Hall–Kier alpha value is -2.83. The highest BCUT2D eigenvalue weighted by molar-refractivity contribution is 5.35. The molecule has 1 aliphatic heterocycles. The Bertz CT molecular complexity index is 1030. The molecule has 0 bridgehead atoms. The zero-order chi connectivity index (χ0) is 23.8. The Morgan fingerprint density at radius 3 is 2.59 bits per heavy atom. The van der Waals surface area contributed by atoms with Crippen LogP contribution in [0.15, 0.2) is 60.9 Å². The van der Waals surface area contributed by atoms with Crippen LogP contribution in [0.5, 0.6) is 11.5 Å². The summed E-state index contributed by atoms with van der Waals surface area (Å²) in [5, 5.41) is 4.23. The fourth-order valence-electron chi connectivity index (χ4n) is 4.54. The van der Waals surface area contributed by atoms with Crippen LogP contribution in [-0.4, -0.2) is 53.7 Å². The highest BCUT2D eigenvalue weighted by Crippen LogP contribution is 2.29. The van der Waals surface area contributed by atoms with Crippen LogP contribution in [-0.2, 0) is 17.8 Å². The van der Waals surface area contributed by atoms with Crippen molar-refractivity contribution < 1.29 is 14.2 Å². The second-order valence-corrected chi connectivity index (χ2v) is 9.34. The normalized spacial score (nSPS) is 15.9. The Balaban J connectivity index is 1.23. The van der Waals surface area contributed by atoms with Crippen LogP contribution in [0.2, 0.25) is 0 Å². The van der Waals surface area contributed by atoms with Gasteiger partial charge in [-0.15, -0.1) is 0 Å². The summed E-state index contributed by atoms with van der Waals surface area (Å²) in [6.45, 7) is 9.23. The van der Waals surface area contributed by atoms with Crippen molar-refractivity contribution in [2.24, 2.45) is 0 Å². The molecule has 182 valence electrons. The van der Waals surface area contributed by atoms with E-state index in [-0.39, 0.29) is 5.60 Å². The van der Waals surface area contributed by atoms with E-state index in [9.17, 15) is 0 Å². The molecule has 2 aromatic carbocycles. The van der Waals surface area contributed by atoms with E-state index >= 15 is 0 Å². The molecule has 0 atom stereocenters. The number of likely N-dealkylation sites (tertiary alicyclic amines) is 1. The lowest BCUT2D eigenvalue weighted by Gasteiger charge is -2.40. The van der Waals surface area contributed by atoms with Gasteiger partial charge in [-0.25, -0.2) is 0 Å². The number of hydrogen-bond donors (Lipinski definition) is 0. The van der Waals surface area contributed by atoms with E-state index in [0.717, 1.165) is 56.9 Å². The van der Waals surface area contributed by atoms with E-state index in [1.54, 1.807) is 6.20 Å². The number of aryl methyl sites for hydroxylation is 3. The molecule has 0 unspecified atom stereocenters. The summed E-state index contributed by atoms with van der Waals surface area (Å²) in [6, 6.07) is 16.7. The molecule has 0 radical (unpaired) electrons. The third-order valence-corrected chi connectivity index (χ3v) is 6.69. The van der Waals surface area contributed by atoms with Gasteiger partial charge in [0.25, 0.3) is 0 Å². The standard InChI is InChI=1S/C28H37N3O3/c1-23-9-10-27(24(2)19-23)34-22-28(32-3)11-16-30(17-12-28)21-25-7-4-8-26(20-25)33-18-6-15-31-14-5-13-29-31/h4-5,7-10,13-14,19-20H,6,11-12,15-18,21-22H2,1-3H3. The highest BCUT2D eigenvalue weighted by atomic mass is 16.5. The molecule has 4 rings (SSSR count). The predicted octanol–water partition coefficient (Wildman–Crippen LogP) is 5.03. The first-order chi connectivity index (χ1) is 16.5. The second kappa shape index (κ2) is 11.5. The van der Waals surface area contributed by atoms with Gasteiger partial charge in [0.1, 0.15) is 23.7 Å². The molecule has 34 heavy (non-hydrogen) atoms. The van der Waals surface area contributed by atoms with Crippen molar-refractivity contribution in [1.29, 1.82) is 0 Å². The zero-order valence-corrected chi connectivity index (χ0v) is 20.7. The van der Waals surface area contributed by atoms with Crippen LogP contribution in [0.25, 0.3) is 0 Å². The molecule has 3 aromatic rings. The lowest BCUT2D eigenvalue weighted by molar-refractivity contribution is -0.0840. The molecule has 0 spiro atoms. The van der Waals surface area contributed by atoms with E-state index in [0.29, 0.717) is 13.2 Å². The highest BCUT2D eigenvalue weighted by Gasteiger charge is 2.35. The van der Waals surface area contributed by atoms with Crippen LogP contribution < -0.4 is 9.47 Å². The Labute approximate surface area is 203 Å². The largest absolute Gasteiger partial charge is 0.494 e. The topological polar surface area (TPSA) is 48.8 Å². The number of aromatic nitrogens is 2. The number of methoxy groups -OCH3 is 1. The van der Waals surface area contributed by atoms with E-state index in [1.165, 1.54) is 16.7 Å². The van der Waals surface area contributed by atoms with E-state index < -0.39 is 0 Å². The number of hydrogen-bond acceptors (Lipinski definition) is 5. The number of nitrogens with zero attached hydrogens (tertiary/aromatic N) is 3. The second-order valence-electron chi connectivity index (χ2n) is 9.34. The molecular weight excluding hydrogens is 426 g/mol. The molecule has 1 aliphatic rings. The molecule has 6 nitrogen and oxygen atoms in total. The van der Waals surface area contributed by atoms with E-state index in [2.05, 4.69) is 60.2 Å². The van der Waals surface area contributed by atoms with Gasteiger partial charge in [-0.05, 0) is 62.1 Å². The van der Waals surface area contributed by atoms with Gasteiger partial charge >= 0.3 is 0 Å². The summed E-state index contributed by atoms with van der Waals surface area (Å²) in [5.41, 5.74) is 3.48. The maximum Gasteiger partial charge on any atom is 0.122 e. The number of benzene rings is 2. The minimum absolute atomic E-state index is 0.229. The molecule has 6 heteroatoms. The zero-order valence-electron chi connectivity index (χ0n) is 20.7. The van der Waals surface area contributed by atoms with Crippen molar-refractivity contribution in [3.63, 3.8) is 0 Å². The lowest BCUT2D eigenvalue weighted by Crippen LogP contribution is -2.48. The van der Waals surface area contributed by atoms with Gasteiger partial charge in [-0.1, -0.05) is 29.8 Å². The third-order valence-electron chi connectivity index (χ3n) is 6.69. The van der Waals surface area contributed by atoms with Gasteiger partial charge in [0.15, 0.2) is 0 Å². The van der Waals surface area contributed by atoms with Crippen LogP contribution in [0.4, 0.5) is 0 Å². The van der Waals surface area contributed by atoms with Crippen LogP contribution in [0.1, 0.15) is 36.0 Å². The maximum atomic E-state index is 6.20. The first-order valence-electron chi connectivity index (χ1n) is 12.2. The van der Waals surface area contributed by atoms with Crippen molar-refractivity contribution in [3.8, 4) is 11.5 Å². The summed E-state index contributed by atoms with van der Waals surface area (Å²) in [4.78, 5) is 2.49. The van der Waals surface area contributed by atoms with Crippen LogP contribution in [0, 0.1) is 13.8 Å². The Kier molecular flexibility index (Phi) is 8.25. The van der Waals surface area contributed by atoms with Crippen molar-refractivity contribution in [2.45, 2.75) is 51.8 Å². The smallest absolute Gasteiger partial charge is 0.122 e. The Morgan fingerprint density at radius 2 is 1.85 bits per heavy atom. The minimum Gasteiger partial charge on any atom is -0.494 e. The first-order valence-corrected chi connectivity index (χ1v) is 12.2. The van der Waals surface area contributed by atoms with Gasteiger partial charge in [-0.3, -0.25) is 9.58 Å². The minimum atomic E-state index is -0.229. The van der Waals surface area contributed by atoms with Gasteiger partial charge in [0.05, 0.1) is 6.61 Å². The average molecular weight is 464 g/mol. The summed E-state index contributed by atoms with van der Waals surface area (Å²) in [5.74, 6) is 1.88. The number of ether oxygens (including phenoxy) is 3. The quantitative estimate of drug-likeness (QED) is 0.373. The van der Waals surface area contributed by atoms with Crippen molar-refractivity contribution in [3.05, 3.63) is 77.6 Å². The summed E-state index contributed by atoms with van der Waals surface area (Å²) < 4.78 is 20.1. The molecule has 0 saturated carbocycles. The molecule has 1 aromatic heterocycles. The van der Waals surface area contributed by atoms with Gasteiger partial charge < -0.3 is 14.2 Å². The molecule has 0 aliphatic carbocycles. The fourth-order valence-corrected chi connectivity index (χ4v) is 4.54.